The van der Waals surface area contributed by atoms with Gasteiger partial charge in [-0.15, -0.1) is 0 Å². The summed E-state index contributed by atoms with van der Waals surface area (Å²) in [5.41, 5.74) is 0.884. The van der Waals surface area contributed by atoms with Crippen molar-refractivity contribution in [3.63, 3.8) is 0 Å². The van der Waals surface area contributed by atoms with Gasteiger partial charge < -0.3 is 20.1 Å². The van der Waals surface area contributed by atoms with Crippen molar-refractivity contribution in [3.8, 4) is 5.75 Å². The van der Waals surface area contributed by atoms with E-state index in [0.717, 1.165) is 5.56 Å². The lowest BCUT2D eigenvalue weighted by Crippen LogP contribution is -2.47. The maximum absolute atomic E-state index is 12.6. The number of hydrogen-bond acceptors (Lipinski definition) is 4. The molecule has 0 saturated carbocycles. The van der Waals surface area contributed by atoms with E-state index in [1.54, 1.807) is 52.1 Å². The Bertz CT molecular complexity index is 752. The van der Waals surface area contributed by atoms with Gasteiger partial charge in [-0.05, 0) is 50.6 Å². The van der Waals surface area contributed by atoms with E-state index in [1.165, 1.54) is 0 Å². The van der Waals surface area contributed by atoms with Crippen molar-refractivity contribution >= 4 is 17.7 Å². The van der Waals surface area contributed by atoms with Crippen molar-refractivity contribution in [3.05, 3.63) is 60.2 Å². The van der Waals surface area contributed by atoms with E-state index in [1.807, 2.05) is 30.3 Å². The number of nitrogens with one attached hydrogen (secondary N) is 2. The minimum atomic E-state index is -0.801. The van der Waals surface area contributed by atoms with Crippen LogP contribution in [0.1, 0.15) is 26.3 Å². The van der Waals surface area contributed by atoms with Gasteiger partial charge in [0.05, 0.1) is 7.11 Å². The van der Waals surface area contributed by atoms with Crippen molar-refractivity contribution in [2.75, 3.05) is 12.4 Å². The molecule has 1 atom stereocenters. The van der Waals surface area contributed by atoms with E-state index in [-0.39, 0.29) is 0 Å². The van der Waals surface area contributed by atoms with Gasteiger partial charge in [0.25, 0.3) is 0 Å². The molecular formula is C21H26N2O4. The molecule has 0 bridgehead atoms. The third kappa shape index (κ3) is 7.01. The Labute approximate surface area is 159 Å². The number of carbonyl (C=O) groups excluding carboxylic acids is 2. The zero-order valence-electron chi connectivity index (χ0n) is 16.1. The van der Waals surface area contributed by atoms with Gasteiger partial charge in [-0.1, -0.05) is 30.3 Å². The molecule has 0 fully saturated rings. The number of benzene rings is 2. The van der Waals surface area contributed by atoms with Crippen LogP contribution in [0, 0.1) is 0 Å². The first-order valence-electron chi connectivity index (χ1n) is 8.75. The fraction of sp³-hybridized carbons (Fsp3) is 0.333. The molecule has 0 aliphatic heterocycles. The second-order valence-electron chi connectivity index (χ2n) is 7.10. The number of amides is 2. The van der Waals surface area contributed by atoms with E-state index in [2.05, 4.69) is 10.6 Å². The summed E-state index contributed by atoms with van der Waals surface area (Å²) < 4.78 is 10.5. The van der Waals surface area contributed by atoms with Crippen molar-refractivity contribution in [2.45, 2.75) is 38.8 Å². The smallest absolute Gasteiger partial charge is 0.329 e. The first kappa shape index (κ1) is 20.3. The van der Waals surface area contributed by atoms with Crippen LogP contribution in [-0.2, 0) is 16.0 Å². The second-order valence-corrected chi connectivity index (χ2v) is 7.10. The number of hydrogen-bond donors (Lipinski definition) is 2. The first-order chi connectivity index (χ1) is 12.8. The molecule has 0 aliphatic carbocycles. The van der Waals surface area contributed by atoms with E-state index in [0.29, 0.717) is 17.9 Å². The fourth-order valence-corrected chi connectivity index (χ4v) is 2.42. The van der Waals surface area contributed by atoms with Crippen LogP contribution in [0.15, 0.2) is 54.6 Å². The van der Waals surface area contributed by atoms with Gasteiger partial charge in [0, 0.05) is 12.1 Å². The summed E-state index contributed by atoms with van der Waals surface area (Å²) in [4.78, 5) is 24.9. The Morgan fingerprint density at radius 1 is 1.00 bits per heavy atom. The van der Waals surface area contributed by atoms with Gasteiger partial charge in [0.1, 0.15) is 17.4 Å². The normalized spacial score (nSPS) is 12.0. The minimum absolute atomic E-state index is 0.339. The van der Waals surface area contributed by atoms with Crippen molar-refractivity contribution in [1.82, 2.24) is 5.32 Å². The molecule has 6 nitrogen and oxygen atoms in total. The SMILES string of the molecule is COc1ccc(NC(=O)N[C@H](Cc2ccccc2)C(=O)OC(C)(C)C)cc1. The molecule has 0 aromatic heterocycles. The van der Waals surface area contributed by atoms with Gasteiger partial charge in [0.2, 0.25) is 0 Å². The molecule has 27 heavy (non-hydrogen) atoms. The minimum Gasteiger partial charge on any atom is -0.497 e. The van der Waals surface area contributed by atoms with Crippen LogP contribution in [0.3, 0.4) is 0 Å². The highest BCUT2D eigenvalue weighted by Gasteiger charge is 2.27. The summed E-state index contributed by atoms with van der Waals surface area (Å²) in [5.74, 6) is 0.216. The molecule has 2 N–H and O–H groups in total. The summed E-state index contributed by atoms with van der Waals surface area (Å²) in [6, 6.07) is 15.1. The summed E-state index contributed by atoms with van der Waals surface area (Å²) in [6.45, 7) is 5.38. The monoisotopic (exact) mass is 370 g/mol. The van der Waals surface area contributed by atoms with Gasteiger partial charge in [-0.25, -0.2) is 9.59 Å². The first-order valence-corrected chi connectivity index (χ1v) is 8.75. The molecule has 0 unspecified atom stereocenters. The highest BCUT2D eigenvalue weighted by atomic mass is 16.6. The summed E-state index contributed by atoms with van der Waals surface area (Å²) in [7, 11) is 1.57. The van der Waals surface area contributed by atoms with Crippen LogP contribution < -0.4 is 15.4 Å². The van der Waals surface area contributed by atoms with Crippen molar-refractivity contribution in [1.29, 1.82) is 0 Å². The van der Waals surface area contributed by atoms with Crippen molar-refractivity contribution in [2.24, 2.45) is 0 Å². The average Bonchev–Trinajstić information content (AvgIpc) is 2.61. The molecular weight excluding hydrogens is 344 g/mol. The maximum atomic E-state index is 12.6. The summed E-state index contributed by atoms with van der Waals surface area (Å²) in [5, 5.41) is 5.42. The van der Waals surface area contributed by atoms with E-state index in [4.69, 9.17) is 9.47 Å². The number of esters is 1. The second kappa shape index (κ2) is 9.07. The molecule has 0 aliphatic rings. The quantitative estimate of drug-likeness (QED) is 0.759. The Hall–Kier alpha value is -3.02. The number of methoxy groups -OCH3 is 1. The molecule has 144 valence electrons. The number of ether oxygens (including phenoxy) is 2. The number of urea groups is 1. The summed E-state index contributed by atoms with van der Waals surface area (Å²) in [6.07, 6.45) is 0.339. The number of carbonyl (C=O) groups is 2. The van der Waals surface area contributed by atoms with Crippen LogP contribution in [0.2, 0.25) is 0 Å². The molecule has 2 rings (SSSR count). The number of anilines is 1. The lowest BCUT2D eigenvalue weighted by molar-refractivity contribution is -0.157. The van der Waals surface area contributed by atoms with Crippen LogP contribution in [0.5, 0.6) is 5.75 Å². The predicted octanol–water partition coefficient (Wildman–Crippen LogP) is 3.77. The Morgan fingerprint density at radius 3 is 2.19 bits per heavy atom. The summed E-state index contributed by atoms with van der Waals surface area (Å²) >= 11 is 0. The van der Waals surface area contributed by atoms with E-state index >= 15 is 0 Å². The Kier molecular flexibility index (Phi) is 6.82. The van der Waals surface area contributed by atoms with E-state index in [9.17, 15) is 9.59 Å². The maximum Gasteiger partial charge on any atom is 0.329 e. The molecule has 0 saturated heterocycles. The number of rotatable bonds is 6. The van der Waals surface area contributed by atoms with Crippen LogP contribution in [0.4, 0.5) is 10.5 Å². The molecule has 0 heterocycles. The van der Waals surface area contributed by atoms with Gasteiger partial charge >= 0.3 is 12.0 Å². The van der Waals surface area contributed by atoms with Gasteiger partial charge in [-0.3, -0.25) is 0 Å². The van der Waals surface area contributed by atoms with E-state index < -0.39 is 23.6 Å². The molecule has 2 aromatic rings. The van der Waals surface area contributed by atoms with Crippen LogP contribution >= 0.6 is 0 Å². The highest BCUT2D eigenvalue weighted by molar-refractivity contribution is 5.92. The van der Waals surface area contributed by atoms with Crippen molar-refractivity contribution < 1.29 is 19.1 Å². The van der Waals surface area contributed by atoms with Crippen LogP contribution in [0.25, 0.3) is 0 Å². The largest absolute Gasteiger partial charge is 0.497 e. The fourth-order valence-electron chi connectivity index (χ4n) is 2.42. The average molecular weight is 370 g/mol. The molecule has 0 radical (unpaired) electrons. The lowest BCUT2D eigenvalue weighted by Gasteiger charge is -2.24. The zero-order valence-corrected chi connectivity index (χ0v) is 16.1. The van der Waals surface area contributed by atoms with Gasteiger partial charge in [-0.2, -0.15) is 0 Å². The zero-order chi connectivity index (χ0) is 19.9. The third-order valence-electron chi connectivity index (χ3n) is 3.63. The standard InChI is InChI=1S/C21H26N2O4/c1-21(2,3)27-19(24)18(14-15-8-6-5-7-9-15)23-20(25)22-16-10-12-17(26-4)13-11-16/h5-13,18H,14H2,1-4H3,(H2,22,23,25)/t18-/m1/s1. The molecule has 2 aromatic carbocycles. The topological polar surface area (TPSA) is 76.7 Å². The van der Waals surface area contributed by atoms with Crippen LogP contribution in [-0.4, -0.2) is 30.8 Å². The third-order valence-corrected chi connectivity index (χ3v) is 3.63. The molecule has 0 spiro atoms. The Morgan fingerprint density at radius 2 is 1.63 bits per heavy atom. The molecule has 2 amide bonds. The highest BCUT2D eigenvalue weighted by Crippen LogP contribution is 2.15. The molecule has 6 heteroatoms. The Balaban J connectivity index is 2.07. The lowest BCUT2D eigenvalue weighted by atomic mass is 10.1. The van der Waals surface area contributed by atoms with Gasteiger partial charge in [0.15, 0.2) is 0 Å². The predicted molar refractivity (Wildman–Crippen MR) is 105 cm³/mol.